The van der Waals surface area contributed by atoms with E-state index in [1.54, 1.807) is 12.4 Å². The number of aromatic nitrogens is 2. The van der Waals surface area contributed by atoms with E-state index in [2.05, 4.69) is 22.3 Å². The molecule has 1 fully saturated rings. The van der Waals surface area contributed by atoms with Gasteiger partial charge in [0.25, 0.3) is 0 Å². The van der Waals surface area contributed by atoms with Crippen LogP contribution in [0.5, 0.6) is 0 Å². The number of hydrogen-bond acceptors (Lipinski definition) is 4. The molecule has 0 atom stereocenters. The zero-order valence-corrected chi connectivity index (χ0v) is 14.9. The van der Waals surface area contributed by atoms with Crippen LogP contribution in [0, 0.1) is 0 Å². The third kappa shape index (κ3) is 4.00. The summed E-state index contributed by atoms with van der Waals surface area (Å²) < 4.78 is 5.61. The van der Waals surface area contributed by atoms with E-state index < -0.39 is 0 Å². The van der Waals surface area contributed by atoms with E-state index in [9.17, 15) is 0 Å². The lowest BCUT2D eigenvalue weighted by Crippen LogP contribution is -1.88. The maximum Gasteiger partial charge on any atom is 0.147 e. The highest BCUT2D eigenvalue weighted by atomic mass is 35.5. The predicted molar refractivity (Wildman–Crippen MR) is 96.3 cm³/mol. The smallest absolute Gasteiger partial charge is 0.147 e. The van der Waals surface area contributed by atoms with Crippen LogP contribution in [0.15, 0.2) is 23.0 Å². The first-order chi connectivity index (χ1) is 11.7. The number of unbranched alkanes of at least 4 members (excludes halogenated alkanes) is 3. The van der Waals surface area contributed by atoms with Gasteiger partial charge >= 0.3 is 0 Å². The topological polar surface area (TPSA) is 59.2 Å². The molecule has 0 unspecified atom stereocenters. The van der Waals surface area contributed by atoms with E-state index in [0.29, 0.717) is 27.2 Å². The Morgan fingerprint density at radius 3 is 2.58 bits per heavy atom. The lowest BCUT2D eigenvalue weighted by atomic mass is 10.0. The number of hydrogen-bond donors (Lipinski definition) is 1. The summed E-state index contributed by atoms with van der Waals surface area (Å²) in [6.07, 6.45) is 13.4. The van der Waals surface area contributed by atoms with Crippen molar-refractivity contribution in [3.63, 3.8) is 0 Å². The molecule has 0 spiro atoms. The van der Waals surface area contributed by atoms with E-state index in [1.807, 2.05) is 0 Å². The summed E-state index contributed by atoms with van der Waals surface area (Å²) in [7, 11) is 0. The van der Waals surface area contributed by atoms with Crippen molar-refractivity contribution in [2.24, 2.45) is 0 Å². The van der Waals surface area contributed by atoms with Crippen LogP contribution >= 0.6 is 23.2 Å². The van der Waals surface area contributed by atoms with Crippen LogP contribution in [0.1, 0.15) is 55.8 Å². The van der Waals surface area contributed by atoms with Crippen molar-refractivity contribution in [3.8, 4) is 11.3 Å². The number of halogens is 2. The lowest BCUT2D eigenvalue weighted by Gasteiger charge is -2.04. The molecule has 2 aromatic heterocycles. The minimum atomic E-state index is 0.254. The first-order valence-corrected chi connectivity index (χ1v) is 9.04. The molecule has 6 heteroatoms. The molecular formula is C18H20Cl2N2O2. The molecule has 0 radical (unpaired) electrons. The molecule has 0 aliphatic heterocycles. The van der Waals surface area contributed by atoms with Crippen molar-refractivity contribution in [3.05, 3.63) is 39.8 Å². The fourth-order valence-corrected chi connectivity index (χ4v) is 3.22. The van der Waals surface area contributed by atoms with Crippen molar-refractivity contribution in [2.45, 2.75) is 44.4 Å². The van der Waals surface area contributed by atoms with Gasteiger partial charge < -0.3 is 9.63 Å². The molecule has 1 saturated carbocycles. The standard InChI is InChI=1S/C18H20Cl2N2O2/c19-14-10-21-11-15(20)16(14)17-13(6-4-2-1-3-5-9-23)18(24-22-17)12-7-8-12/h4,6,10-12,23H,1-3,5,7-9H2/b6-4+. The van der Waals surface area contributed by atoms with E-state index in [0.717, 1.165) is 49.8 Å². The fraction of sp³-hybridized carbons (Fsp3) is 0.444. The van der Waals surface area contributed by atoms with Crippen LogP contribution in [0.25, 0.3) is 17.3 Å². The van der Waals surface area contributed by atoms with Gasteiger partial charge in [-0.2, -0.15) is 0 Å². The number of pyridine rings is 1. The number of rotatable bonds is 8. The Labute approximate surface area is 151 Å². The molecule has 1 N–H and O–H groups in total. The summed E-state index contributed by atoms with van der Waals surface area (Å²) in [6, 6.07) is 0. The second kappa shape index (κ2) is 8.15. The maximum atomic E-state index is 8.82. The first kappa shape index (κ1) is 17.5. The molecule has 1 aliphatic carbocycles. The molecule has 1 aliphatic rings. The highest BCUT2D eigenvalue weighted by Crippen LogP contribution is 2.46. The highest BCUT2D eigenvalue weighted by Gasteiger charge is 2.32. The molecule has 0 aromatic carbocycles. The molecule has 24 heavy (non-hydrogen) atoms. The zero-order chi connectivity index (χ0) is 16.9. The quantitative estimate of drug-likeness (QED) is 0.627. The van der Waals surface area contributed by atoms with Gasteiger partial charge in [0.2, 0.25) is 0 Å². The van der Waals surface area contributed by atoms with Gasteiger partial charge in [0.1, 0.15) is 11.5 Å². The van der Waals surface area contributed by atoms with E-state index in [4.69, 9.17) is 32.8 Å². The molecule has 128 valence electrons. The fourth-order valence-electron chi connectivity index (χ4n) is 2.68. The van der Waals surface area contributed by atoms with Gasteiger partial charge in [0, 0.05) is 36.0 Å². The van der Waals surface area contributed by atoms with Crippen molar-refractivity contribution in [1.29, 1.82) is 0 Å². The summed E-state index contributed by atoms with van der Waals surface area (Å²) in [5.74, 6) is 1.36. The van der Waals surface area contributed by atoms with Crippen LogP contribution in [-0.4, -0.2) is 21.9 Å². The van der Waals surface area contributed by atoms with Crippen LogP contribution in [0.4, 0.5) is 0 Å². The summed E-state index contributed by atoms with van der Waals surface area (Å²) in [5, 5.41) is 14.0. The summed E-state index contributed by atoms with van der Waals surface area (Å²) >= 11 is 12.6. The van der Waals surface area contributed by atoms with Gasteiger partial charge in [0.05, 0.1) is 10.0 Å². The SMILES string of the molecule is OCCCCC/C=C/c1c(-c2c(Cl)cncc2Cl)noc1C1CC1. The van der Waals surface area contributed by atoms with Crippen molar-refractivity contribution < 1.29 is 9.63 Å². The van der Waals surface area contributed by atoms with Crippen molar-refractivity contribution in [1.82, 2.24) is 10.1 Å². The van der Waals surface area contributed by atoms with Gasteiger partial charge in [-0.3, -0.25) is 4.98 Å². The highest BCUT2D eigenvalue weighted by molar-refractivity contribution is 6.39. The van der Waals surface area contributed by atoms with E-state index in [-0.39, 0.29) is 6.61 Å². The van der Waals surface area contributed by atoms with Crippen molar-refractivity contribution in [2.75, 3.05) is 6.61 Å². The molecule has 2 aromatic rings. The monoisotopic (exact) mass is 366 g/mol. The minimum Gasteiger partial charge on any atom is -0.396 e. The Bertz CT molecular complexity index is 704. The zero-order valence-electron chi connectivity index (χ0n) is 13.3. The summed E-state index contributed by atoms with van der Waals surface area (Å²) in [6.45, 7) is 0.254. The van der Waals surface area contributed by atoms with Gasteiger partial charge in [0.15, 0.2) is 0 Å². The van der Waals surface area contributed by atoms with Gasteiger partial charge in [-0.05, 0) is 32.1 Å². The Morgan fingerprint density at radius 2 is 1.92 bits per heavy atom. The molecule has 4 nitrogen and oxygen atoms in total. The Hall–Kier alpha value is -1.36. The molecule has 0 saturated heterocycles. The van der Waals surface area contributed by atoms with Crippen LogP contribution in [0.2, 0.25) is 10.0 Å². The number of nitrogens with zero attached hydrogens (tertiary/aromatic N) is 2. The number of aliphatic hydroxyl groups is 1. The Morgan fingerprint density at radius 1 is 1.17 bits per heavy atom. The van der Waals surface area contributed by atoms with Gasteiger partial charge in [-0.15, -0.1) is 0 Å². The average molecular weight is 367 g/mol. The van der Waals surface area contributed by atoms with Crippen molar-refractivity contribution >= 4 is 29.3 Å². The minimum absolute atomic E-state index is 0.254. The largest absolute Gasteiger partial charge is 0.396 e. The Balaban J connectivity index is 1.86. The average Bonchev–Trinajstić information content (AvgIpc) is 3.33. The summed E-state index contributed by atoms with van der Waals surface area (Å²) in [5.41, 5.74) is 2.32. The first-order valence-electron chi connectivity index (χ1n) is 8.28. The van der Waals surface area contributed by atoms with Crippen LogP contribution < -0.4 is 0 Å². The molecular weight excluding hydrogens is 347 g/mol. The maximum absolute atomic E-state index is 8.82. The molecule has 3 rings (SSSR count). The number of allylic oxidation sites excluding steroid dienone is 1. The Kier molecular flexibility index (Phi) is 5.93. The number of aliphatic hydroxyl groups excluding tert-OH is 1. The molecule has 0 amide bonds. The second-order valence-corrected chi connectivity index (χ2v) is 6.85. The van der Waals surface area contributed by atoms with Gasteiger partial charge in [-0.25, -0.2) is 0 Å². The molecule has 2 heterocycles. The third-order valence-corrected chi connectivity index (χ3v) is 4.68. The lowest BCUT2D eigenvalue weighted by molar-refractivity contribution is 0.283. The third-order valence-electron chi connectivity index (χ3n) is 4.11. The van der Waals surface area contributed by atoms with Gasteiger partial charge in [-0.1, -0.05) is 46.9 Å². The predicted octanol–water partition coefficient (Wildman–Crippen LogP) is 5.49. The summed E-state index contributed by atoms with van der Waals surface area (Å²) in [4.78, 5) is 4.00. The normalized spacial score (nSPS) is 14.6. The second-order valence-electron chi connectivity index (χ2n) is 6.04. The molecule has 0 bridgehead atoms. The van der Waals surface area contributed by atoms with Crippen LogP contribution in [0.3, 0.4) is 0 Å². The van der Waals surface area contributed by atoms with E-state index in [1.165, 1.54) is 0 Å². The van der Waals surface area contributed by atoms with Crippen LogP contribution in [-0.2, 0) is 0 Å². The van der Waals surface area contributed by atoms with E-state index >= 15 is 0 Å².